The highest BCUT2D eigenvalue weighted by molar-refractivity contribution is 5.97. The van der Waals surface area contributed by atoms with Gasteiger partial charge in [0.05, 0.1) is 0 Å². The molecule has 0 aliphatic carbocycles. The van der Waals surface area contributed by atoms with E-state index in [0.717, 1.165) is 5.56 Å². The predicted molar refractivity (Wildman–Crippen MR) is 124 cm³/mol. The number of rotatable bonds is 6. The highest BCUT2D eigenvalue weighted by Gasteiger charge is 2.38. The number of guanidine groups is 1. The normalized spacial score (nSPS) is 15.3. The Labute approximate surface area is 197 Å². The van der Waals surface area contributed by atoms with Crippen molar-refractivity contribution in [3.63, 3.8) is 0 Å². The molecule has 0 atom stereocenters. The number of nitrogens with zero attached hydrogens (tertiary/aromatic N) is 5. The van der Waals surface area contributed by atoms with Crippen molar-refractivity contribution in [3.05, 3.63) is 53.7 Å². The average molecular weight is 467 g/mol. The van der Waals surface area contributed by atoms with Crippen LogP contribution in [0.1, 0.15) is 48.7 Å². The molecule has 3 rings (SSSR count). The number of carbonyl (C=O) groups excluding carboxylic acids is 2. The first-order valence-corrected chi connectivity index (χ1v) is 11.0. The van der Waals surface area contributed by atoms with Crippen LogP contribution in [0.5, 0.6) is 0 Å². The molecule has 1 aliphatic heterocycles. The highest BCUT2D eigenvalue weighted by Crippen LogP contribution is 2.35. The van der Waals surface area contributed by atoms with Crippen molar-refractivity contribution >= 4 is 23.6 Å². The summed E-state index contributed by atoms with van der Waals surface area (Å²) in [5, 5.41) is 14.6. The number of likely N-dealkylation sites (tertiary alicyclic amines) is 1. The molecule has 0 saturated carbocycles. The second-order valence-electron chi connectivity index (χ2n) is 8.08. The van der Waals surface area contributed by atoms with Gasteiger partial charge in [-0.3, -0.25) is 14.9 Å². The Hall–Kier alpha value is -4.07. The van der Waals surface area contributed by atoms with Crippen molar-refractivity contribution in [1.29, 1.82) is 5.26 Å². The van der Waals surface area contributed by atoms with Gasteiger partial charge in [0.1, 0.15) is 5.82 Å². The van der Waals surface area contributed by atoms with E-state index in [2.05, 4.69) is 25.6 Å². The number of nitriles is 1. The van der Waals surface area contributed by atoms with Gasteiger partial charge in [-0.15, -0.1) is 4.99 Å². The molecule has 0 radical (unpaired) electrons. The SMILES string of the molecule is CCCC(=O)N/C(=N\C#N)N1CCC(CNC(=O)c2nccnc2N)(c2cccc(F)c2)CC1. The highest BCUT2D eigenvalue weighted by atomic mass is 19.1. The van der Waals surface area contributed by atoms with Gasteiger partial charge in [0.25, 0.3) is 5.91 Å². The van der Waals surface area contributed by atoms with Crippen molar-refractivity contribution in [3.8, 4) is 6.19 Å². The van der Waals surface area contributed by atoms with Crippen LogP contribution in [-0.2, 0) is 10.2 Å². The number of nitrogens with one attached hydrogen (secondary N) is 2. The molecule has 1 aromatic carbocycles. The predicted octanol–water partition coefficient (Wildman–Crippen LogP) is 1.71. The number of aromatic nitrogens is 2. The third-order valence-electron chi connectivity index (χ3n) is 5.87. The summed E-state index contributed by atoms with van der Waals surface area (Å²) in [5.74, 6) is -0.836. The summed E-state index contributed by atoms with van der Waals surface area (Å²) in [6.45, 7) is 2.98. The Balaban J connectivity index is 1.80. The number of amides is 2. The Morgan fingerprint density at radius 1 is 1.29 bits per heavy atom. The van der Waals surface area contributed by atoms with Crippen LogP contribution in [0.2, 0.25) is 0 Å². The Kier molecular flexibility index (Phi) is 8.08. The fraction of sp³-hybridized carbons (Fsp3) is 0.391. The van der Waals surface area contributed by atoms with Crippen LogP contribution in [-0.4, -0.2) is 52.3 Å². The number of anilines is 1. The van der Waals surface area contributed by atoms with Gasteiger partial charge in [0.2, 0.25) is 18.1 Å². The number of hydrogen-bond acceptors (Lipinski definition) is 7. The lowest BCUT2D eigenvalue weighted by Crippen LogP contribution is -2.53. The van der Waals surface area contributed by atoms with Crippen LogP contribution in [0.4, 0.5) is 10.2 Å². The van der Waals surface area contributed by atoms with Gasteiger partial charge in [-0.25, -0.2) is 14.4 Å². The number of nitrogen functional groups attached to an aromatic ring is 1. The molecule has 0 spiro atoms. The Morgan fingerprint density at radius 3 is 2.68 bits per heavy atom. The van der Waals surface area contributed by atoms with Crippen LogP contribution in [0, 0.1) is 17.3 Å². The van der Waals surface area contributed by atoms with E-state index in [9.17, 15) is 14.0 Å². The van der Waals surface area contributed by atoms with Gasteiger partial charge in [-0.1, -0.05) is 19.1 Å². The van der Waals surface area contributed by atoms with Gasteiger partial charge in [-0.2, -0.15) is 5.26 Å². The standard InChI is InChI=1S/C23H27FN8O2/c1-2-4-18(33)31-22(30-15-25)32-11-7-23(8-12-32,16-5-3-6-17(24)13-16)14-29-21(34)19-20(26)28-10-9-27-19/h3,5-6,9-10,13H,2,4,7-8,11-12,14H2,1H3,(H2,26,28)(H,29,34)(H,30,31,33). The summed E-state index contributed by atoms with van der Waals surface area (Å²) in [7, 11) is 0. The number of aliphatic imine (C=N–C) groups is 1. The number of piperidine rings is 1. The summed E-state index contributed by atoms with van der Waals surface area (Å²) in [6, 6.07) is 6.29. The number of hydrogen-bond donors (Lipinski definition) is 3. The molecule has 1 aliphatic rings. The van der Waals surface area contributed by atoms with Gasteiger partial charge in [-0.05, 0) is 37.0 Å². The van der Waals surface area contributed by atoms with Crippen LogP contribution in [0.15, 0.2) is 41.7 Å². The van der Waals surface area contributed by atoms with Gasteiger partial charge in [0, 0.05) is 43.9 Å². The third-order valence-corrected chi connectivity index (χ3v) is 5.87. The second kappa shape index (κ2) is 11.2. The molecule has 1 saturated heterocycles. The van der Waals surface area contributed by atoms with Crippen molar-refractivity contribution in [2.75, 3.05) is 25.4 Å². The zero-order chi connectivity index (χ0) is 24.6. The monoisotopic (exact) mass is 466 g/mol. The first-order valence-electron chi connectivity index (χ1n) is 11.0. The molecule has 10 nitrogen and oxygen atoms in total. The van der Waals surface area contributed by atoms with Crippen molar-refractivity contribution in [1.82, 2.24) is 25.5 Å². The molecule has 2 aromatic rings. The summed E-state index contributed by atoms with van der Waals surface area (Å²) < 4.78 is 14.1. The zero-order valence-electron chi connectivity index (χ0n) is 18.9. The average Bonchev–Trinajstić information content (AvgIpc) is 2.83. The number of benzene rings is 1. The fourth-order valence-corrected chi connectivity index (χ4v) is 4.03. The first-order chi connectivity index (χ1) is 16.4. The van der Waals surface area contributed by atoms with E-state index in [-0.39, 0.29) is 35.7 Å². The molecule has 178 valence electrons. The van der Waals surface area contributed by atoms with Crippen LogP contribution in [0.3, 0.4) is 0 Å². The molecule has 0 bridgehead atoms. The van der Waals surface area contributed by atoms with Gasteiger partial charge >= 0.3 is 0 Å². The number of halogens is 1. The maximum absolute atomic E-state index is 14.1. The number of carbonyl (C=O) groups is 2. The maximum atomic E-state index is 14.1. The molecule has 2 amide bonds. The molecular formula is C23H27FN8O2. The topological polar surface area (TPSA) is 149 Å². The summed E-state index contributed by atoms with van der Waals surface area (Å²) in [6.07, 6.45) is 6.54. The minimum atomic E-state index is -0.587. The third kappa shape index (κ3) is 5.83. The van der Waals surface area contributed by atoms with E-state index in [1.807, 2.05) is 17.9 Å². The lowest BCUT2D eigenvalue weighted by Gasteiger charge is -2.43. The fourth-order valence-electron chi connectivity index (χ4n) is 4.03. The largest absolute Gasteiger partial charge is 0.382 e. The molecule has 4 N–H and O–H groups in total. The molecule has 34 heavy (non-hydrogen) atoms. The van der Waals surface area contributed by atoms with E-state index in [1.54, 1.807) is 12.3 Å². The van der Waals surface area contributed by atoms with Crippen LogP contribution >= 0.6 is 0 Å². The minimum Gasteiger partial charge on any atom is -0.382 e. The van der Waals surface area contributed by atoms with E-state index in [0.29, 0.717) is 38.8 Å². The van der Waals surface area contributed by atoms with E-state index >= 15 is 0 Å². The maximum Gasteiger partial charge on any atom is 0.273 e. The first kappa shape index (κ1) is 24.6. The lowest BCUT2D eigenvalue weighted by molar-refractivity contribution is -0.119. The summed E-state index contributed by atoms with van der Waals surface area (Å²) in [4.78, 5) is 38.3. The van der Waals surface area contributed by atoms with Crippen LogP contribution < -0.4 is 16.4 Å². The second-order valence-corrected chi connectivity index (χ2v) is 8.08. The molecule has 1 fully saturated rings. The smallest absolute Gasteiger partial charge is 0.273 e. The van der Waals surface area contributed by atoms with E-state index in [4.69, 9.17) is 11.0 Å². The van der Waals surface area contributed by atoms with E-state index in [1.165, 1.54) is 24.5 Å². The minimum absolute atomic E-state index is 0.0230. The molecule has 11 heteroatoms. The van der Waals surface area contributed by atoms with Gasteiger partial charge < -0.3 is 16.0 Å². The van der Waals surface area contributed by atoms with Gasteiger partial charge in [0.15, 0.2) is 11.5 Å². The molecule has 2 heterocycles. The van der Waals surface area contributed by atoms with Crippen molar-refractivity contribution in [2.45, 2.75) is 38.0 Å². The molecule has 0 unspecified atom stereocenters. The zero-order valence-corrected chi connectivity index (χ0v) is 18.9. The summed E-state index contributed by atoms with van der Waals surface area (Å²) >= 11 is 0. The quantitative estimate of drug-likeness (QED) is 0.333. The van der Waals surface area contributed by atoms with Crippen molar-refractivity contribution < 1.29 is 14.0 Å². The Morgan fingerprint density at radius 2 is 2.03 bits per heavy atom. The number of nitrogens with two attached hydrogens (primary N) is 1. The molecular weight excluding hydrogens is 439 g/mol. The lowest BCUT2D eigenvalue weighted by atomic mass is 9.72. The van der Waals surface area contributed by atoms with E-state index < -0.39 is 11.3 Å². The van der Waals surface area contributed by atoms with Crippen LogP contribution in [0.25, 0.3) is 0 Å². The molecule has 1 aromatic heterocycles. The summed E-state index contributed by atoms with van der Waals surface area (Å²) in [5.41, 5.74) is 5.95. The Bertz CT molecular complexity index is 1110. The van der Waals surface area contributed by atoms with Crippen molar-refractivity contribution in [2.24, 2.45) is 4.99 Å².